The number of rotatable bonds is 1. The molecule has 1 atom stereocenters. The van der Waals surface area contributed by atoms with Crippen LogP contribution in [0.4, 0.5) is 0 Å². The Balaban J connectivity index is 2.18. The topological polar surface area (TPSA) is 42.2 Å². The molecule has 0 bridgehead atoms. The van der Waals surface area contributed by atoms with E-state index in [0.717, 1.165) is 17.0 Å². The molecule has 0 fully saturated rings. The second kappa shape index (κ2) is 4.57. The zero-order valence-electron chi connectivity index (χ0n) is 13.0. The van der Waals surface area contributed by atoms with Gasteiger partial charge in [-0.25, -0.2) is 0 Å². The third kappa shape index (κ3) is 2.12. The van der Waals surface area contributed by atoms with Gasteiger partial charge in [0, 0.05) is 30.1 Å². The molecule has 1 unspecified atom stereocenters. The minimum absolute atomic E-state index is 0.120. The van der Waals surface area contributed by atoms with Gasteiger partial charge < -0.3 is 9.67 Å². The summed E-state index contributed by atoms with van der Waals surface area (Å²) >= 11 is 0. The highest BCUT2D eigenvalue weighted by Gasteiger charge is 2.41. The second-order valence-electron chi connectivity index (χ2n) is 6.74. The number of aliphatic hydroxyl groups is 1. The summed E-state index contributed by atoms with van der Waals surface area (Å²) in [7, 11) is 1.92. The highest BCUT2D eigenvalue weighted by molar-refractivity contribution is 6.00. The highest BCUT2D eigenvalue weighted by Crippen LogP contribution is 2.45. The van der Waals surface area contributed by atoms with E-state index >= 15 is 0 Å². The van der Waals surface area contributed by atoms with Gasteiger partial charge in [0.15, 0.2) is 5.78 Å². The smallest absolute Gasteiger partial charge is 0.165 e. The molecular formula is C18H21NO2. The monoisotopic (exact) mass is 283 g/mol. The van der Waals surface area contributed by atoms with E-state index in [-0.39, 0.29) is 5.78 Å². The van der Waals surface area contributed by atoms with Gasteiger partial charge in [-0.1, -0.05) is 43.7 Å². The van der Waals surface area contributed by atoms with Crippen LogP contribution >= 0.6 is 0 Å². The molecule has 1 aromatic heterocycles. The summed E-state index contributed by atoms with van der Waals surface area (Å²) < 4.78 is 1.96. The van der Waals surface area contributed by atoms with Crippen LogP contribution in [0.1, 0.15) is 48.0 Å². The SMILES string of the molecule is Cc1ccc(-c2cc3c(n2C)C(O)C(C)(C)CC3=O)cc1. The third-order valence-corrected chi connectivity index (χ3v) is 4.54. The van der Waals surface area contributed by atoms with E-state index in [1.54, 1.807) is 0 Å². The minimum atomic E-state index is -0.616. The van der Waals surface area contributed by atoms with Gasteiger partial charge in [-0.05, 0) is 18.6 Å². The molecule has 1 N–H and O–H groups in total. The Kier molecular flexibility index (Phi) is 3.06. The summed E-state index contributed by atoms with van der Waals surface area (Å²) in [6.45, 7) is 5.93. The molecule has 110 valence electrons. The van der Waals surface area contributed by atoms with Crippen LogP contribution in [0.15, 0.2) is 30.3 Å². The zero-order chi connectivity index (χ0) is 15.4. The maximum absolute atomic E-state index is 12.4. The number of nitrogens with zero attached hydrogens (tertiary/aromatic N) is 1. The molecule has 0 aliphatic heterocycles. The first-order chi connectivity index (χ1) is 9.81. The molecule has 0 radical (unpaired) electrons. The van der Waals surface area contributed by atoms with Gasteiger partial charge >= 0.3 is 0 Å². The van der Waals surface area contributed by atoms with Crippen molar-refractivity contribution in [3.05, 3.63) is 47.2 Å². The van der Waals surface area contributed by atoms with Crippen molar-refractivity contribution >= 4 is 5.78 Å². The third-order valence-electron chi connectivity index (χ3n) is 4.54. The summed E-state index contributed by atoms with van der Waals surface area (Å²) in [6.07, 6.45) is -0.229. The average Bonchev–Trinajstić information content (AvgIpc) is 2.75. The molecule has 1 aliphatic rings. The molecule has 1 heterocycles. The van der Waals surface area contributed by atoms with E-state index in [4.69, 9.17) is 0 Å². The maximum atomic E-state index is 12.4. The number of fused-ring (bicyclic) bond motifs is 1. The van der Waals surface area contributed by atoms with Crippen LogP contribution in [0.25, 0.3) is 11.3 Å². The predicted octanol–water partition coefficient (Wildman–Crippen LogP) is 3.65. The van der Waals surface area contributed by atoms with Gasteiger partial charge in [0.1, 0.15) is 6.10 Å². The Morgan fingerprint density at radius 3 is 2.48 bits per heavy atom. The predicted molar refractivity (Wildman–Crippen MR) is 83.3 cm³/mol. The standard InChI is InChI=1S/C18H21NO2/c1-11-5-7-12(8-6-11)14-9-13-15(20)10-18(2,3)17(21)16(13)19(14)4/h5-9,17,21H,10H2,1-4H3. The van der Waals surface area contributed by atoms with E-state index in [0.29, 0.717) is 12.0 Å². The number of carbonyl (C=O) groups is 1. The van der Waals surface area contributed by atoms with Crippen molar-refractivity contribution in [3.8, 4) is 11.3 Å². The molecular weight excluding hydrogens is 262 g/mol. The van der Waals surface area contributed by atoms with Crippen LogP contribution < -0.4 is 0 Å². The first-order valence-corrected chi connectivity index (χ1v) is 7.29. The van der Waals surface area contributed by atoms with E-state index in [1.165, 1.54) is 5.56 Å². The Hall–Kier alpha value is -1.87. The average molecular weight is 283 g/mol. The molecule has 0 spiro atoms. The number of Topliss-reactive ketones (excluding diaryl/α,β-unsaturated/α-hetero) is 1. The number of carbonyl (C=O) groups excluding carboxylic acids is 1. The van der Waals surface area contributed by atoms with Crippen LogP contribution in [0.2, 0.25) is 0 Å². The summed E-state index contributed by atoms with van der Waals surface area (Å²) in [4.78, 5) is 12.4. The van der Waals surface area contributed by atoms with Crippen molar-refractivity contribution in [1.29, 1.82) is 0 Å². The fourth-order valence-corrected chi connectivity index (χ4v) is 3.15. The molecule has 0 saturated carbocycles. The number of aryl methyl sites for hydroxylation is 1. The maximum Gasteiger partial charge on any atom is 0.165 e. The molecule has 0 amide bonds. The van der Waals surface area contributed by atoms with Crippen LogP contribution in [-0.4, -0.2) is 15.5 Å². The zero-order valence-corrected chi connectivity index (χ0v) is 13.0. The lowest BCUT2D eigenvalue weighted by Crippen LogP contribution is -2.32. The van der Waals surface area contributed by atoms with Crippen molar-refractivity contribution in [1.82, 2.24) is 4.57 Å². The molecule has 2 aromatic rings. The van der Waals surface area contributed by atoms with Crippen molar-refractivity contribution in [2.45, 2.75) is 33.3 Å². The summed E-state index contributed by atoms with van der Waals surface area (Å²) in [6, 6.07) is 10.1. The van der Waals surface area contributed by atoms with Gasteiger partial charge in [-0.2, -0.15) is 0 Å². The molecule has 21 heavy (non-hydrogen) atoms. The van der Waals surface area contributed by atoms with E-state index in [2.05, 4.69) is 31.2 Å². The number of hydrogen-bond acceptors (Lipinski definition) is 2. The molecule has 1 aliphatic carbocycles. The van der Waals surface area contributed by atoms with Crippen LogP contribution in [-0.2, 0) is 7.05 Å². The number of hydrogen-bond donors (Lipinski definition) is 1. The number of aromatic nitrogens is 1. The Labute approximate surface area is 125 Å². The van der Waals surface area contributed by atoms with Crippen LogP contribution in [0.3, 0.4) is 0 Å². The largest absolute Gasteiger partial charge is 0.386 e. The lowest BCUT2D eigenvalue weighted by Gasteiger charge is -2.34. The Morgan fingerprint density at radius 1 is 1.24 bits per heavy atom. The number of ketones is 1. The van der Waals surface area contributed by atoms with Gasteiger partial charge in [0.05, 0.1) is 5.69 Å². The minimum Gasteiger partial charge on any atom is -0.386 e. The molecule has 3 heteroatoms. The van der Waals surface area contributed by atoms with Gasteiger partial charge in [-0.3, -0.25) is 4.79 Å². The quantitative estimate of drug-likeness (QED) is 0.868. The first-order valence-electron chi connectivity index (χ1n) is 7.29. The lowest BCUT2D eigenvalue weighted by atomic mass is 9.74. The Bertz CT molecular complexity index is 708. The fraction of sp³-hybridized carbons (Fsp3) is 0.389. The fourth-order valence-electron chi connectivity index (χ4n) is 3.15. The van der Waals surface area contributed by atoms with Crippen molar-refractivity contribution in [2.75, 3.05) is 0 Å². The lowest BCUT2D eigenvalue weighted by molar-refractivity contribution is 0.0273. The highest BCUT2D eigenvalue weighted by atomic mass is 16.3. The van der Waals surface area contributed by atoms with Crippen LogP contribution in [0.5, 0.6) is 0 Å². The number of benzene rings is 1. The van der Waals surface area contributed by atoms with Crippen molar-refractivity contribution in [2.24, 2.45) is 12.5 Å². The van der Waals surface area contributed by atoms with Crippen LogP contribution in [0, 0.1) is 12.3 Å². The van der Waals surface area contributed by atoms with E-state index < -0.39 is 11.5 Å². The van der Waals surface area contributed by atoms with Gasteiger partial charge in [-0.15, -0.1) is 0 Å². The number of aliphatic hydroxyl groups excluding tert-OH is 1. The van der Waals surface area contributed by atoms with Crippen molar-refractivity contribution in [3.63, 3.8) is 0 Å². The first kappa shape index (κ1) is 14.1. The molecule has 1 aromatic carbocycles. The molecule has 3 rings (SSSR count). The van der Waals surface area contributed by atoms with Crippen molar-refractivity contribution < 1.29 is 9.90 Å². The second-order valence-corrected chi connectivity index (χ2v) is 6.74. The normalized spacial score (nSPS) is 20.4. The Morgan fingerprint density at radius 2 is 1.86 bits per heavy atom. The summed E-state index contributed by atoms with van der Waals surface area (Å²) in [5, 5.41) is 10.6. The molecule has 0 saturated heterocycles. The van der Waals surface area contributed by atoms with Gasteiger partial charge in [0.25, 0.3) is 0 Å². The van der Waals surface area contributed by atoms with E-state index in [1.807, 2.05) is 31.5 Å². The van der Waals surface area contributed by atoms with E-state index in [9.17, 15) is 9.90 Å². The summed E-state index contributed by atoms with van der Waals surface area (Å²) in [5.41, 5.74) is 4.24. The molecule has 3 nitrogen and oxygen atoms in total. The summed E-state index contributed by atoms with van der Waals surface area (Å²) in [5.74, 6) is 0.120. The van der Waals surface area contributed by atoms with Gasteiger partial charge in [0.2, 0.25) is 0 Å².